The number of fused-ring (bicyclic) bond motifs is 1. The summed E-state index contributed by atoms with van der Waals surface area (Å²) in [7, 11) is -3.73. The van der Waals surface area contributed by atoms with Gasteiger partial charge in [-0.3, -0.25) is 9.59 Å². The largest absolute Gasteiger partial charge is 0.326 e. The maximum absolute atomic E-state index is 13.0. The van der Waals surface area contributed by atoms with Gasteiger partial charge in [-0.2, -0.15) is 0 Å². The summed E-state index contributed by atoms with van der Waals surface area (Å²) in [6.45, 7) is 7.17. The van der Waals surface area contributed by atoms with Crippen LogP contribution in [0.5, 0.6) is 0 Å². The number of sulfone groups is 1. The number of thioether (sulfide) groups is 1. The van der Waals surface area contributed by atoms with Crippen molar-refractivity contribution in [1.82, 2.24) is 0 Å². The van der Waals surface area contributed by atoms with E-state index in [2.05, 4.69) is 10.6 Å². The number of hydrogen-bond acceptors (Lipinski definition) is 5. The predicted molar refractivity (Wildman–Crippen MR) is 116 cm³/mol. The van der Waals surface area contributed by atoms with Crippen LogP contribution in [0.15, 0.2) is 46.2 Å². The van der Waals surface area contributed by atoms with E-state index in [1.807, 2.05) is 32.0 Å². The van der Waals surface area contributed by atoms with E-state index in [9.17, 15) is 18.0 Å². The van der Waals surface area contributed by atoms with Crippen molar-refractivity contribution in [3.05, 3.63) is 47.5 Å². The lowest BCUT2D eigenvalue weighted by Gasteiger charge is -2.22. The van der Waals surface area contributed by atoms with Crippen molar-refractivity contribution in [2.75, 3.05) is 10.6 Å². The minimum atomic E-state index is -3.73. The Balaban J connectivity index is 1.74. The molecule has 1 aliphatic heterocycles. The van der Waals surface area contributed by atoms with Crippen molar-refractivity contribution in [2.45, 2.75) is 54.4 Å². The van der Waals surface area contributed by atoms with Gasteiger partial charge in [0.15, 0.2) is 9.84 Å². The van der Waals surface area contributed by atoms with Crippen LogP contribution in [-0.2, 0) is 19.4 Å². The highest BCUT2D eigenvalue weighted by molar-refractivity contribution is 8.01. The molecule has 0 saturated heterocycles. The number of carbonyl (C=O) groups excluding carboxylic acids is 2. The summed E-state index contributed by atoms with van der Waals surface area (Å²) in [5.74, 6) is -0.512. The predicted octanol–water partition coefficient (Wildman–Crippen LogP) is 3.93. The Morgan fingerprint density at radius 3 is 2.62 bits per heavy atom. The molecule has 0 spiro atoms. The summed E-state index contributed by atoms with van der Waals surface area (Å²) >= 11 is 1.39. The van der Waals surface area contributed by atoms with Gasteiger partial charge >= 0.3 is 0 Å². The molecule has 0 unspecified atom stereocenters. The quantitative estimate of drug-likeness (QED) is 0.747. The van der Waals surface area contributed by atoms with Crippen LogP contribution in [0.2, 0.25) is 0 Å². The van der Waals surface area contributed by atoms with E-state index in [0.717, 1.165) is 16.0 Å². The van der Waals surface area contributed by atoms with E-state index < -0.39 is 15.1 Å². The maximum Gasteiger partial charge on any atom is 0.237 e. The standard InChI is InChI=1S/C21H24N2O4S2/c1-12-5-7-17(13(2)9-12)22-20(24)10-14(3)29(26,27)16-6-8-19-18(11-16)23-21(25)15(4)28-19/h5-9,11,14-15H,10H2,1-4H3,(H,22,24)(H,23,25)/t14-,15+/m1/s1. The Bertz CT molecular complexity index is 1080. The van der Waals surface area contributed by atoms with Gasteiger partial charge in [0.1, 0.15) is 0 Å². The highest BCUT2D eigenvalue weighted by atomic mass is 32.2. The molecule has 3 rings (SSSR count). The topological polar surface area (TPSA) is 92.3 Å². The summed E-state index contributed by atoms with van der Waals surface area (Å²) in [6.07, 6.45) is -0.162. The molecule has 1 aliphatic rings. The molecule has 2 N–H and O–H groups in total. The van der Waals surface area contributed by atoms with Crippen LogP contribution in [0.1, 0.15) is 31.4 Å². The van der Waals surface area contributed by atoms with Crippen molar-refractivity contribution < 1.29 is 18.0 Å². The van der Waals surface area contributed by atoms with Gasteiger partial charge in [-0.25, -0.2) is 8.42 Å². The van der Waals surface area contributed by atoms with E-state index in [1.165, 1.54) is 30.8 Å². The molecule has 0 bridgehead atoms. The molecule has 0 fully saturated rings. The van der Waals surface area contributed by atoms with Crippen molar-refractivity contribution in [2.24, 2.45) is 0 Å². The molecule has 2 amide bonds. The van der Waals surface area contributed by atoms with Gasteiger partial charge < -0.3 is 10.6 Å². The van der Waals surface area contributed by atoms with Gasteiger partial charge in [0.2, 0.25) is 11.8 Å². The molecule has 2 aromatic rings. The first kappa shape index (κ1) is 21.4. The van der Waals surface area contributed by atoms with Crippen LogP contribution in [0.3, 0.4) is 0 Å². The number of hydrogen-bond donors (Lipinski definition) is 2. The molecular weight excluding hydrogens is 408 g/mol. The van der Waals surface area contributed by atoms with E-state index in [-0.39, 0.29) is 28.4 Å². The lowest BCUT2D eigenvalue weighted by Crippen LogP contribution is -2.27. The van der Waals surface area contributed by atoms with Crippen LogP contribution < -0.4 is 10.6 Å². The monoisotopic (exact) mass is 432 g/mol. The summed E-state index contributed by atoms with van der Waals surface area (Å²) in [4.78, 5) is 25.2. The molecule has 8 heteroatoms. The first-order valence-electron chi connectivity index (χ1n) is 9.30. The van der Waals surface area contributed by atoms with E-state index in [1.54, 1.807) is 13.0 Å². The Labute approximate surface area is 175 Å². The fourth-order valence-electron chi connectivity index (χ4n) is 3.12. The normalized spacial score (nSPS) is 17.2. The van der Waals surface area contributed by atoms with E-state index in [4.69, 9.17) is 0 Å². The molecule has 0 radical (unpaired) electrons. The van der Waals surface area contributed by atoms with Crippen molar-refractivity contribution in [3.63, 3.8) is 0 Å². The molecule has 0 aromatic heterocycles. The molecule has 2 atom stereocenters. The number of benzene rings is 2. The van der Waals surface area contributed by atoms with Gasteiger partial charge in [0.25, 0.3) is 0 Å². The molecule has 0 saturated carbocycles. The van der Waals surface area contributed by atoms with Gasteiger partial charge in [0.05, 0.1) is 21.1 Å². The molecule has 6 nitrogen and oxygen atoms in total. The fourth-order valence-corrected chi connectivity index (χ4v) is 5.43. The SMILES string of the molecule is Cc1ccc(NC(=O)C[C@@H](C)S(=O)(=O)c2ccc3c(c2)NC(=O)[C@H](C)S3)c(C)c1. The van der Waals surface area contributed by atoms with Gasteiger partial charge in [0, 0.05) is 17.0 Å². The smallest absolute Gasteiger partial charge is 0.237 e. The lowest BCUT2D eigenvalue weighted by molar-refractivity contribution is -0.116. The molecule has 154 valence electrons. The summed E-state index contributed by atoms with van der Waals surface area (Å²) < 4.78 is 25.9. The summed E-state index contributed by atoms with van der Waals surface area (Å²) in [6, 6.07) is 10.4. The molecule has 1 heterocycles. The molecule has 29 heavy (non-hydrogen) atoms. The zero-order valence-electron chi connectivity index (χ0n) is 16.8. The third-order valence-corrected chi connectivity index (χ3v) is 8.18. The molecule has 0 aliphatic carbocycles. The number of aryl methyl sites for hydroxylation is 2. The number of rotatable bonds is 5. The number of amides is 2. The van der Waals surface area contributed by atoms with Crippen LogP contribution in [-0.4, -0.2) is 30.7 Å². The Hall–Kier alpha value is -2.32. The zero-order valence-corrected chi connectivity index (χ0v) is 18.4. The summed E-state index contributed by atoms with van der Waals surface area (Å²) in [5, 5.41) is 4.40. The highest BCUT2D eigenvalue weighted by Crippen LogP contribution is 2.37. The Morgan fingerprint density at radius 2 is 1.93 bits per heavy atom. The highest BCUT2D eigenvalue weighted by Gasteiger charge is 2.29. The number of anilines is 2. The number of nitrogens with one attached hydrogen (secondary N) is 2. The van der Waals surface area contributed by atoms with Gasteiger partial charge in [-0.1, -0.05) is 17.7 Å². The van der Waals surface area contributed by atoms with Crippen LogP contribution in [0.25, 0.3) is 0 Å². The second-order valence-corrected chi connectivity index (χ2v) is 11.1. The maximum atomic E-state index is 13.0. The van der Waals surface area contributed by atoms with Gasteiger partial charge in [-0.15, -0.1) is 11.8 Å². The van der Waals surface area contributed by atoms with Crippen LogP contribution >= 0.6 is 11.8 Å². The summed E-state index contributed by atoms with van der Waals surface area (Å²) in [5.41, 5.74) is 3.17. The van der Waals surface area contributed by atoms with E-state index >= 15 is 0 Å². The minimum Gasteiger partial charge on any atom is -0.326 e. The van der Waals surface area contributed by atoms with Crippen LogP contribution in [0.4, 0.5) is 11.4 Å². The Kier molecular flexibility index (Phi) is 6.05. The Morgan fingerprint density at radius 1 is 1.21 bits per heavy atom. The second kappa shape index (κ2) is 8.20. The zero-order chi connectivity index (χ0) is 21.3. The first-order valence-corrected chi connectivity index (χ1v) is 11.7. The lowest BCUT2D eigenvalue weighted by atomic mass is 10.1. The third-order valence-electron chi connectivity index (χ3n) is 4.87. The molecule has 2 aromatic carbocycles. The van der Waals surface area contributed by atoms with E-state index in [0.29, 0.717) is 11.4 Å². The fraction of sp³-hybridized carbons (Fsp3) is 0.333. The van der Waals surface area contributed by atoms with Gasteiger partial charge in [-0.05, 0) is 57.5 Å². The third kappa shape index (κ3) is 4.64. The second-order valence-electron chi connectivity index (χ2n) is 7.33. The molecular formula is C21H24N2O4S2. The van der Waals surface area contributed by atoms with Crippen molar-refractivity contribution in [3.8, 4) is 0 Å². The van der Waals surface area contributed by atoms with Crippen LogP contribution in [0, 0.1) is 13.8 Å². The van der Waals surface area contributed by atoms with Crippen molar-refractivity contribution >= 4 is 44.8 Å². The number of carbonyl (C=O) groups is 2. The average Bonchev–Trinajstić information content (AvgIpc) is 2.64. The minimum absolute atomic E-state index is 0.0959. The first-order chi connectivity index (χ1) is 13.6. The van der Waals surface area contributed by atoms with Crippen molar-refractivity contribution in [1.29, 1.82) is 0 Å². The average molecular weight is 433 g/mol.